The average Bonchev–Trinajstić information content (AvgIpc) is 2.26. The molecule has 0 saturated heterocycles. The molecule has 0 rings (SSSR count). The van der Waals surface area contributed by atoms with Gasteiger partial charge in [0, 0.05) is 39.1 Å². The molecule has 4 nitrogen and oxygen atoms in total. The SMILES string of the molecule is CCOCCCNC(=NC)NCCSC.I. The first-order valence-electron chi connectivity index (χ1n) is 5.36. The summed E-state index contributed by atoms with van der Waals surface area (Å²) in [5, 5.41) is 6.48. The van der Waals surface area contributed by atoms with Crippen LogP contribution in [0.5, 0.6) is 0 Å². The number of guanidine groups is 1. The molecule has 0 amide bonds. The van der Waals surface area contributed by atoms with E-state index in [0.717, 1.165) is 44.4 Å². The van der Waals surface area contributed by atoms with E-state index in [-0.39, 0.29) is 24.0 Å². The third kappa shape index (κ3) is 12.4. The molecule has 6 heteroatoms. The lowest BCUT2D eigenvalue weighted by Gasteiger charge is -2.11. The van der Waals surface area contributed by atoms with Crippen LogP contribution in [-0.4, -0.2) is 51.3 Å². The van der Waals surface area contributed by atoms with Crippen LogP contribution in [0.15, 0.2) is 4.99 Å². The molecule has 0 atom stereocenters. The quantitative estimate of drug-likeness (QED) is 0.298. The van der Waals surface area contributed by atoms with E-state index in [4.69, 9.17) is 4.74 Å². The number of ether oxygens (including phenoxy) is 1. The molecule has 0 spiro atoms. The number of aliphatic imine (C=N–C) groups is 1. The van der Waals surface area contributed by atoms with Gasteiger partial charge in [0.1, 0.15) is 0 Å². The fourth-order valence-corrected chi connectivity index (χ4v) is 1.32. The van der Waals surface area contributed by atoms with Gasteiger partial charge in [-0.1, -0.05) is 0 Å². The standard InChI is InChI=1S/C10H23N3OS.HI/c1-4-14-8-5-6-12-10(11-2)13-7-9-15-3;/h4-9H2,1-3H3,(H2,11,12,13);1H. The van der Waals surface area contributed by atoms with Gasteiger partial charge < -0.3 is 15.4 Å². The highest BCUT2D eigenvalue weighted by Gasteiger charge is 1.95. The molecule has 98 valence electrons. The molecule has 0 aromatic rings. The number of thioether (sulfide) groups is 1. The van der Waals surface area contributed by atoms with E-state index in [1.807, 2.05) is 18.7 Å². The highest BCUT2D eigenvalue weighted by atomic mass is 127. The predicted molar refractivity (Wildman–Crippen MR) is 84.3 cm³/mol. The highest BCUT2D eigenvalue weighted by Crippen LogP contribution is 1.87. The van der Waals surface area contributed by atoms with Gasteiger partial charge in [0.2, 0.25) is 0 Å². The molecule has 0 unspecified atom stereocenters. The van der Waals surface area contributed by atoms with Crippen molar-refractivity contribution in [2.24, 2.45) is 4.99 Å². The van der Waals surface area contributed by atoms with Gasteiger partial charge in [0.05, 0.1) is 0 Å². The van der Waals surface area contributed by atoms with Crippen molar-refractivity contribution in [3.8, 4) is 0 Å². The average molecular weight is 361 g/mol. The van der Waals surface area contributed by atoms with E-state index in [2.05, 4.69) is 21.9 Å². The van der Waals surface area contributed by atoms with Gasteiger partial charge in [0.15, 0.2) is 5.96 Å². The predicted octanol–water partition coefficient (Wildman–Crippen LogP) is 1.56. The normalized spacial score (nSPS) is 10.8. The van der Waals surface area contributed by atoms with E-state index in [0.29, 0.717) is 0 Å². The van der Waals surface area contributed by atoms with E-state index in [1.165, 1.54) is 0 Å². The Labute approximate surface area is 120 Å². The number of rotatable bonds is 8. The monoisotopic (exact) mass is 361 g/mol. The fraction of sp³-hybridized carbons (Fsp3) is 0.900. The van der Waals surface area contributed by atoms with Crippen molar-refractivity contribution >= 4 is 41.7 Å². The molecule has 0 radical (unpaired) electrons. The summed E-state index contributed by atoms with van der Waals surface area (Å²) >= 11 is 1.82. The van der Waals surface area contributed by atoms with Crippen LogP contribution in [0.1, 0.15) is 13.3 Å². The van der Waals surface area contributed by atoms with Crippen molar-refractivity contribution in [3.63, 3.8) is 0 Å². The Morgan fingerprint density at radius 2 is 2.00 bits per heavy atom. The molecule has 0 bridgehead atoms. The maximum absolute atomic E-state index is 5.24. The van der Waals surface area contributed by atoms with Crippen LogP contribution in [0.3, 0.4) is 0 Å². The van der Waals surface area contributed by atoms with Crippen molar-refractivity contribution in [1.82, 2.24) is 10.6 Å². The summed E-state index contributed by atoms with van der Waals surface area (Å²) in [5.74, 6) is 1.97. The molecule has 0 saturated carbocycles. The molecule has 0 aliphatic rings. The van der Waals surface area contributed by atoms with Gasteiger partial charge in [0.25, 0.3) is 0 Å². The summed E-state index contributed by atoms with van der Waals surface area (Å²) in [6.45, 7) is 5.47. The van der Waals surface area contributed by atoms with Crippen LogP contribution in [0.4, 0.5) is 0 Å². The zero-order valence-corrected chi connectivity index (χ0v) is 13.6. The van der Waals surface area contributed by atoms with Crippen molar-refractivity contribution < 1.29 is 4.74 Å². The summed E-state index contributed by atoms with van der Waals surface area (Å²) in [4.78, 5) is 4.12. The first-order chi connectivity index (χ1) is 7.35. The van der Waals surface area contributed by atoms with Gasteiger partial charge >= 0.3 is 0 Å². The second kappa shape index (κ2) is 15.3. The van der Waals surface area contributed by atoms with Crippen molar-refractivity contribution in [2.75, 3.05) is 45.4 Å². The first kappa shape index (κ1) is 18.7. The Morgan fingerprint density at radius 1 is 1.31 bits per heavy atom. The molecule has 0 heterocycles. The van der Waals surface area contributed by atoms with Gasteiger partial charge in [-0.25, -0.2) is 0 Å². The van der Waals surface area contributed by atoms with Crippen molar-refractivity contribution in [1.29, 1.82) is 0 Å². The van der Waals surface area contributed by atoms with Crippen LogP contribution >= 0.6 is 35.7 Å². The Hall–Kier alpha value is 0.310. The maximum atomic E-state index is 5.24. The summed E-state index contributed by atoms with van der Waals surface area (Å²) in [7, 11) is 1.79. The van der Waals surface area contributed by atoms with Crippen LogP contribution in [-0.2, 0) is 4.74 Å². The minimum Gasteiger partial charge on any atom is -0.382 e. The third-order valence-corrected chi connectivity index (χ3v) is 2.40. The molecule has 0 aliphatic carbocycles. The first-order valence-corrected chi connectivity index (χ1v) is 6.75. The summed E-state index contributed by atoms with van der Waals surface area (Å²) in [6.07, 6.45) is 3.11. The van der Waals surface area contributed by atoms with E-state index < -0.39 is 0 Å². The van der Waals surface area contributed by atoms with Crippen LogP contribution in [0, 0.1) is 0 Å². The minimum atomic E-state index is 0. The Kier molecular flexibility index (Phi) is 17.9. The molecule has 0 aromatic carbocycles. The third-order valence-electron chi connectivity index (χ3n) is 1.78. The second-order valence-electron chi connectivity index (χ2n) is 2.97. The highest BCUT2D eigenvalue weighted by molar-refractivity contribution is 14.0. The van der Waals surface area contributed by atoms with Crippen molar-refractivity contribution in [2.45, 2.75) is 13.3 Å². The topological polar surface area (TPSA) is 45.6 Å². The molecule has 0 aromatic heterocycles. The lowest BCUT2D eigenvalue weighted by molar-refractivity contribution is 0.145. The lowest BCUT2D eigenvalue weighted by Crippen LogP contribution is -2.39. The Bertz CT molecular complexity index is 170. The second-order valence-corrected chi connectivity index (χ2v) is 3.95. The minimum absolute atomic E-state index is 0. The van der Waals surface area contributed by atoms with Crippen LogP contribution in [0.25, 0.3) is 0 Å². The zero-order valence-electron chi connectivity index (χ0n) is 10.4. The van der Waals surface area contributed by atoms with E-state index >= 15 is 0 Å². The van der Waals surface area contributed by atoms with E-state index in [9.17, 15) is 0 Å². The Morgan fingerprint density at radius 3 is 2.56 bits per heavy atom. The molecule has 0 fully saturated rings. The van der Waals surface area contributed by atoms with E-state index in [1.54, 1.807) is 7.05 Å². The zero-order chi connectivity index (χ0) is 11.4. The molecular formula is C10H24IN3OS. The number of hydrogen-bond donors (Lipinski definition) is 2. The Balaban J connectivity index is 0. The number of halogens is 1. The number of nitrogens with zero attached hydrogens (tertiary/aromatic N) is 1. The van der Waals surface area contributed by atoms with Crippen LogP contribution < -0.4 is 10.6 Å². The summed E-state index contributed by atoms with van der Waals surface area (Å²) in [6, 6.07) is 0. The molecule has 16 heavy (non-hydrogen) atoms. The fourth-order valence-electron chi connectivity index (χ4n) is 1.02. The van der Waals surface area contributed by atoms with Crippen molar-refractivity contribution in [3.05, 3.63) is 0 Å². The molecular weight excluding hydrogens is 337 g/mol. The van der Waals surface area contributed by atoms with Gasteiger partial charge in [-0.15, -0.1) is 24.0 Å². The lowest BCUT2D eigenvalue weighted by atomic mass is 10.4. The van der Waals surface area contributed by atoms with Gasteiger partial charge in [-0.05, 0) is 19.6 Å². The molecule has 0 aliphatic heterocycles. The van der Waals surface area contributed by atoms with Gasteiger partial charge in [-0.2, -0.15) is 11.8 Å². The number of nitrogens with one attached hydrogen (secondary N) is 2. The smallest absolute Gasteiger partial charge is 0.191 e. The summed E-state index contributed by atoms with van der Waals surface area (Å²) in [5.41, 5.74) is 0. The maximum Gasteiger partial charge on any atom is 0.191 e. The largest absolute Gasteiger partial charge is 0.382 e. The summed E-state index contributed by atoms with van der Waals surface area (Å²) < 4.78 is 5.24. The number of hydrogen-bond acceptors (Lipinski definition) is 3. The molecule has 2 N–H and O–H groups in total. The van der Waals surface area contributed by atoms with Gasteiger partial charge in [-0.3, -0.25) is 4.99 Å². The van der Waals surface area contributed by atoms with Crippen LogP contribution in [0.2, 0.25) is 0 Å².